The van der Waals surface area contributed by atoms with Crippen LogP contribution in [0.3, 0.4) is 0 Å². The fourth-order valence-electron chi connectivity index (χ4n) is 8.56. The number of aromatic nitrogens is 1. The van der Waals surface area contributed by atoms with Crippen LogP contribution >= 0.6 is 0 Å². The lowest BCUT2D eigenvalue weighted by molar-refractivity contribution is 0.795. The third-order valence-corrected chi connectivity index (χ3v) is 10.6. The largest absolute Gasteiger partial charge is 0.246 e. The molecule has 49 heavy (non-hydrogen) atoms. The van der Waals surface area contributed by atoms with E-state index in [9.17, 15) is 5.26 Å². The second-order valence-corrected chi connectivity index (χ2v) is 13.0. The fraction of sp³-hybridized carbons (Fsp3) is 0.0213. The molecule has 2 nitrogen and oxygen atoms in total. The van der Waals surface area contributed by atoms with Gasteiger partial charge in [0.2, 0.25) is 0 Å². The molecule has 1 aromatic heterocycles. The summed E-state index contributed by atoms with van der Waals surface area (Å²) < 4.78 is 0. The Bertz CT molecular complexity index is 2620. The first-order chi connectivity index (χ1) is 24.3. The van der Waals surface area contributed by atoms with Gasteiger partial charge in [-0.05, 0) is 113 Å². The summed E-state index contributed by atoms with van der Waals surface area (Å²) in [7, 11) is 0. The number of rotatable bonds is 3. The first-order valence-corrected chi connectivity index (χ1v) is 16.7. The molecular weight excluding hydrogens is 593 g/mol. The van der Waals surface area contributed by atoms with Gasteiger partial charge in [-0.25, -0.2) is 4.98 Å². The SMILES string of the molecule is N#Cc1cc(-c2ccc(-c3cc4c(c5ccccc35)-c3ccc(-c5ccccc5)cc3C43c4ccccc4-c4ccccc43)cc2)ccn1. The number of hydrogen-bond donors (Lipinski definition) is 0. The number of nitriles is 1. The smallest absolute Gasteiger partial charge is 0.141 e. The third kappa shape index (κ3) is 3.85. The molecule has 10 rings (SSSR count). The van der Waals surface area contributed by atoms with Crippen LogP contribution in [0.5, 0.6) is 0 Å². The minimum atomic E-state index is -0.466. The number of benzene rings is 7. The van der Waals surface area contributed by atoms with Crippen molar-refractivity contribution in [2.24, 2.45) is 0 Å². The van der Waals surface area contributed by atoms with Crippen LogP contribution in [-0.4, -0.2) is 4.98 Å². The van der Waals surface area contributed by atoms with Gasteiger partial charge in [0, 0.05) is 6.20 Å². The van der Waals surface area contributed by atoms with E-state index in [1.54, 1.807) is 6.20 Å². The van der Waals surface area contributed by atoms with Gasteiger partial charge < -0.3 is 0 Å². The molecule has 0 fully saturated rings. The first-order valence-electron chi connectivity index (χ1n) is 16.7. The number of hydrogen-bond acceptors (Lipinski definition) is 2. The zero-order chi connectivity index (χ0) is 32.5. The Morgan fingerprint density at radius 2 is 1.00 bits per heavy atom. The fourth-order valence-corrected chi connectivity index (χ4v) is 8.56. The van der Waals surface area contributed by atoms with E-state index in [0.29, 0.717) is 5.69 Å². The molecule has 0 aliphatic heterocycles. The molecule has 0 saturated carbocycles. The molecule has 0 radical (unpaired) electrons. The standard InChI is InChI=1S/C47H28N2/c48-29-35-26-34(24-25-49-35)31-18-20-32(21-19-31)41-28-45-46(39-15-5-4-12-36(39)41)40-23-22-33(30-10-2-1-3-11-30)27-44(40)47(45)42-16-8-6-13-37(42)38-14-7-9-17-43(38)47/h1-28H. The maximum Gasteiger partial charge on any atom is 0.141 e. The van der Waals surface area contributed by atoms with Crippen molar-refractivity contribution in [3.8, 4) is 61.7 Å². The van der Waals surface area contributed by atoms with Crippen molar-refractivity contribution in [2.45, 2.75) is 5.41 Å². The van der Waals surface area contributed by atoms with Crippen molar-refractivity contribution in [1.82, 2.24) is 4.98 Å². The van der Waals surface area contributed by atoms with E-state index in [1.807, 2.05) is 12.1 Å². The Kier molecular flexibility index (Phi) is 5.89. The zero-order valence-corrected chi connectivity index (χ0v) is 26.6. The summed E-state index contributed by atoms with van der Waals surface area (Å²) in [6, 6.07) is 61.9. The Balaban J connectivity index is 1.28. The lowest BCUT2D eigenvalue weighted by atomic mass is 9.69. The van der Waals surface area contributed by atoms with Crippen LogP contribution < -0.4 is 0 Å². The Morgan fingerprint density at radius 1 is 0.408 bits per heavy atom. The predicted octanol–water partition coefficient (Wildman–Crippen LogP) is 11.5. The zero-order valence-electron chi connectivity index (χ0n) is 26.6. The molecule has 2 aliphatic rings. The highest BCUT2D eigenvalue weighted by molar-refractivity contribution is 6.11. The molecule has 0 saturated heterocycles. The average Bonchev–Trinajstić information content (AvgIpc) is 3.65. The summed E-state index contributed by atoms with van der Waals surface area (Å²) in [4.78, 5) is 4.16. The predicted molar refractivity (Wildman–Crippen MR) is 199 cm³/mol. The molecular formula is C47H28N2. The second-order valence-electron chi connectivity index (χ2n) is 13.0. The number of pyridine rings is 1. The van der Waals surface area contributed by atoms with Crippen molar-refractivity contribution in [2.75, 3.05) is 0 Å². The van der Waals surface area contributed by atoms with E-state index in [-0.39, 0.29) is 0 Å². The molecule has 226 valence electrons. The monoisotopic (exact) mass is 620 g/mol. The Hall–Kier alpha value is -6.56. The molecule has 0 unspecified atom stereocenters. The minimum absolute atomic E-state index is 0.420. The van der Waals surface area contributed by atoms with E-state index < -0.39 is 5.41 Å². The summed E-state index contributed by atoms with van der Waals surface area (Å²) in [5.41, 5.74) is 17.4. The molecule has 0 bridgehead atoms. The lowest BCUT2D eigenvalue weighted by Crippen LogP contribution is -2.26. The van der Waals surface area contributed by atoms with Crippen molar-refractivity contribution in [3.63, 3.8) is 0 Å². The molecule has 1 heterocycles. The summed E-state index contributed by atoms with van der Waals surface area (Å²) in [5, 5.41) is 11.9. The highest BCUT2D eigenvalue weighted by Crippen LogP contribution is 2.64. The third-order valence-electron chi connectivity index (χ3n) is 10.6. The molecule has 0 N–H and O–H groups in total. The van der Waals surface area contributed by atoms with Crippen molar-refractivity contribution < 1.29 is 0 Å². The van der Waals surface area contributed by atoms with Gasteiger partial charge >= 0.3 is 0 Å². The number of fused-ring (bicyclic) bond motifs is 12. The van der Waals surface area contributed by atoms with E-state index in [4.69, 9.17) is 0 Å². The van der Waals surface area contributed by atoms with Crippen LogP contribution in [-0.2, 0) is 5.41 Å². The average molecular weight is 621 g/mol. The number of nitrogens with zero attached hydrogens (tertiary/aromatic N) is 2. The van der Waals surface area contributed by atoms with Crippen LogP contribution in [0.2, 0.25) is 0 Å². The van der Waals surface area contributed by atoms with Gasteiger partial charge in [0.1, 0.15) is 11.8 Å². The van der Waals surface area contributed by atoms with Crippen LogP contribution in [0, 0.1) is 11.3 Å². The van der Waals surface area contributed by atoms with E-state index in [2.05, 4.69) is 163 Å². The quantitative estimate of drug-likeness (QED) is 0.197. The molecule has 8 aromatic rings. The summed E-state index contributed by atoms with van der Waals surface area (Å²) in [6.45, 7) is 0. The van der Waals surface area contributed by atoms with Gasteiger partial charge in [-0.1, -0.05) is 140 Å². The summed E-state index contributed by atoms with van der Waals surface area (Å²) in [6.07, 6.45) is 1.70. The first kappa shape index (κ1) is 27.5. The van der Waals surface area contributed by atoms with Crippen molar-refractivity contribution in [3.05, 3.63) is 198 Å². The van der Waals surface area contributed by atoms with Crippen molar-refractivity contribution >= 4 is 10.8 Å². The Labute approximate surface area is 285 Å². The van der Waals surface area contributed by atoms with Crippen LogP contribution in [0.1, 0.15) is 27.9 Å². The second kappa shape index (κ2) is 10.5. The van der Waals surface area contributed by atoms with Gasteiger partial charge in [0.15, 0.2) is 0 Å². The molecule has 2 heteroatoms. The van der Waals surface area contributed by atoms with Crippen molar-refractivity contribution in [1.29, 1.82) is 5.26 Å². The van der Waals surface area contributed by atoms with E-state index in [0.717, 1.165) is 16.7 Å². The van der Waals surface area contributed by atoms with Gasteiger partial charge in [0.05, 0.1) is 5.41 Å². The van der Waals surface area contributed by atoms with Gasteiger partial charge in [-0.2, -0.15) is 5.26 Å². The summed E-state index contributed by atoms with van der Waals surface area (Å²) in [5.74, 6) is 0. The van der Waals surface area contributed by atoms with Crippen LogP contribution in [0.15, 0.2) is 170 Å². The molecule has 1 spiro atoms. The lowest BCUT2D eigenvalue weighted by Gasteiger charge is -2.31. The van der Waals surface area contributed by atoms with Gasteiger partial charge in [-0.3, -0.25) is 0 Å². The van der Waals surface area contributed by atoms with E-state index in [1.165, 1.54) is 72.0 Å². The maximum atomic E-state index is 9.41. The van der Waals surface area contributed by atoms with Gasteiger partial charge in [-0.15, -0.1) is 0 Å². The molecule has 7 aromatic carbocycles. The normalized spacial score (nSPS) is 13.0. The van der Waals surface area contributed by atoms with Gasteiger partial charge in [0.25, 0.3) is 0 Å². The molecule has 0 amide bonds. The minimum Gasteiger partial charge on any atom is -0.246 e. The Morgan fingerprint density at radius 3 is 1.73 bits per heavy atom. The highest BCUT2D eigenvalue weighted by atomic mass is 14.7. The molecule has 2 aliphatic carbocycles. The summed E-state index contributed by atoms with van der Waals surface area (Å²) >= 11 is 0. The van der Waals surface area contributed by atoms with E-state index >= 15 is 0 Å². The van der Waals surface area contributed by atoms with Crippen LogP contribution in [0.25, 0.3) is 66.4 Å². The highest BCUT2D eigenvalue weighted by Gasteiger charge is 2.52. The molecule has 0 atom stereocenters. The van der Waals surface area contributed by atoms with Crippen LogP contribution in [0.4, 0.5) is 0 Å². The topological polar surface area (TPSA) is 36.7 Å². The maximum absolute atomic E-state index is 9.41.